The highest BCUT2D eigenvalue weighted by molar-refractivity contribution is 8.02. The second-order valence-electron chi connectivity index (χ2n) is 10.4. The molecule has 8 nitrogen and oxygen atoms in total. The molecule has 0 radical (unpaired) electrons. The molecule has 3 heterocycles. The normalized spacial score (nSPS) is 27.9. The second-order valence-corrected chi connectivity index (χ2v) is 12.0. The smallest absolute Gasteiger partial charge is 0.248 e. The predicted octanol–water partition coefficient (Wildman–Crippen LogP) is 3.25. The zero-order valence-electron chi connectivity index (χ0n) is 22.4. The Morgan fingerprint density at radius 1 is 1.11 bits per heavy atom. The molecule has 5 atom stereocenters. The van der Waals surface area contributed by atoms with E-state index in [9.17, 15) is 19.5 Å². The van der Waals surface area contributed by atoms with Gasteiger partial charge in [0, 0.05) is 49.4 Å². The zero-order valence-corrected chi connectivity index (χ0v) is 23.2. The van der Waals surface area contributed by atoms with Crippen molar-refractivity contribution in [3.8, 4) is 0 Å². The third-order valence-corrected chi connectivity index (χ3v) is 10.2. The van der Waals surface area contributed by atoms with Crippen LogP contribution in [0.15, 0.2) is 24.3 Å². The fraction of sp³-hybridized carbons (Fsp3) is 0.679. The SMILES string of the molecule is CCCNC(=O)[C@@H]1[C@H]2C(=O)N(CCCCCO)C(C(=O)Nc3ccc(N(CC)CC)cc3)C23CC[C@H]1S3. The number of carbonyl (C=O) groups is 3. The Hall–Kier alpha value is -2.26. The molecule has 4 rings (SSSR count). The molecule has 1 aromatic rings. The van der Waals surface area contributed by atoms with E-state index >= 15 is 0 Å². The molecule has 2 bridgehead atoms. The molecular weight excluding hydrogens is 488 g/mol. The van der Waals surface area contributed by atoms with Gasteiger partial charge in [-0.25, -0.2) is 0 Å². The molecule has 3 fully saturated rings. The summed E-state index contributed by atoms with van der Waals surface area (Å²) in [5, 5.41) is 15.4. The summed E-state index contributed by atoms with van der Waals surface area (Å²) in [6.45, 7) is 9.24. The fourth-order valence-electron chi connectivity index (χ4n) is 6.49. The molecule has 1 aromatic carbocycles. The van der Waals surface area contributed by atoms with Gasteiger partial charge in [-0.3, -0.25) is 14.4 Å². The van der Waals surface area contributed by atoms with Crippen LogP contribution in [0.25, 0.3) is 0 Å². The minimum Gasteiger partial charge on any atom is -0.396 e. The number of likely N-dealkylation sites (tertiary alicyclic amines) is 1. The highest BCUT2D eigenvalue weighted by Gasteiger charge is 2.73. The van der Waals surface area contributed by atoms with Crippen molar-refractivity contribution in [3.63, 3.8) is 0 Å². The van der Waals surface area contributed by atoms with Crippen LogP contribution < -0.4 is 15.5 Å². The lowest BCUT2D eigenvalue weighted by atomic mass is 9.70. The van der Waals surface area contributed by atoms with Gasteiger partial charge in [-0.2, -0.15) is 0 Å². The number of unbranched alkanes of at least 4 members (excludes halogenated alkanes) is 2. The second kappa shape index (κ2) is 12.1. The third kappa shape index (κ3) is 5.21. The summed E-state index contributed by atoms with van der Waals surface area (Å²) in [4.78, 5) is 44.9. The molecule has 0 aromatic heterocycles. The van der Waals surface area contributed by atoms with Gasteiger partial charge in [0.1, 0.15) is 6.04 Å². The number of hydrogen-bond donors (Lipinski definition) is 3. The number of rotatable bonds is 13. The minimum atomic E-state index is -0.611. The van der Waals surface area contributed by atoms with E-state index in [4.69, 9.17) is 0 Å². The van der Waals surface area contributed by atoms with Crippen molar-refractivity contribution >= 4 is 40.9 Å². The van der Waals surface area contributed by atoms with Gasteiger partial charge in [-0.1, -0.05) is 6.92 Å². The standard InChI is InChI=1S/C28H42N4O4S/c1-4-16-29-25(34)22-21-14-15-28(37-21)23(22)27(36)32(17-8-7-9-18-33)24(28)26(35)30-19-10-12-20(13-11-19)31(5-2)6-3/h10-13,21-24,33H,4-9,14-18H2,1-3H3,(H,29,34)(H,30,35)/t21-,22+,23+,24?,28?/m1/s1. The van der Waals surface area contributed by atoms with Crippen LogP contribution in [0.2, 0.25) is 0 Å². The van der Waals surface area contributed by atoms with Gasteiger partial charge in [-0.15, -0.1) is 11.8 Å². The average Bonchev–Trinajstić information content (AvgIpc) is 3.54. The lowest BCUT2D eigenvalue weighted by Crippen LogP contribution is -2.51. The number of anilines is 2. The van der Waals surface area contributed by atoms with Crippen molar-refractivity contribution in [2.45, 2.75) is 75.3 Å². The summed E-state index contributed by atoms with van der Waals surface area (Å²) in [5.41, 5.74) is 1.82. The van der Waals surface area contributed by atoms with Crippen LogP contribution in [-0.4, -0.2) is 76.6 Å². The van der Waals surface area contributed by atoms with Crippen LogP contribution in [0, 0.1) is 11.8 Å². The first-order valence-corrected chi connectivity index (χ1v) is 14.8. The molecule has 0 saturated carbocycles. The number of carbonyl (C=O) groups excluding carboxylic acids is 3. The van der Waals surface area contributed by atoms with E-state index in [2.05, 4.69) is 29.4 Å². The molecular formula is C28H42N4O4S. The van der Waals surface area contributed by atoms with Crippen LogP contribution in [0.5, 0.6) is 0 Å². The highest BCUT2D eigenvalue weighted by Crippen LogP contribution is 2.66. The van der Waals surface area contributed by atoms with Crippen molar-refractivity contribution in [2.75, 3.05) is 43.0 Å². The quantitative estimate of drug-likeness (QED) is 0.339. The number of nitrogens with zero attached hydrogens (tertiary/aromatic N) is 2. The van der Waals surface area contributed by atoms with E-state index in [1.54, 1.807) is 16.7 Å². The maximum absolute atomic E-state index is 13.9. The third-order valence-electron chi connectivity index (χ3n) is 8.22. The molecule has 3 N–H and O–H groups in total. The number of nitrogens with one attached hydrogen (secondary N) is 2. The Morgan fingerprint density at radius 3 is 2.49 bits per heavy atom. The van der Waals surface area contributed by atoms with Crippen LogP contribution in [-0.2, 0) is 14.4 Å². The maximum atomic E-state index is 13.9. The number of hydrogen-bond acceptors (Lipinski definition) is 6. The number of benzene rings is 1. The van der Waals surface area contributed by atoms with Gasteiger partial charge in [0.2, 0.25) is 17.7 Å². The molecule has 0 aliphatic carbocycles. The lowest BCUT2D eigenvalue weighted by molar-refractivity contribution is -0.139. The van der Waals surface area contributed by atoms with E-state index < -0.39 is 16.7 Å². The van der Waals surface area contributed by atoms with Gasteiger partial charge < -0.3 is 25.5 Å². The number of aliphatic hydroxyl groups is 1. The summed E-state index contributed by atoms with van der Waals surface area (Å²) < 4.78 is -0.571. The molecule has 204 valence electrons. The number of amides is 3. The van der Waals surface area contributed by atoms with Gasteiger partial charge in [-0.05, 0) is 76.6 Å². The Morgan fingerprint density at radius 2 is 1.84 bits per heavy atom. The Kier molecular flexibility index (Phi) is 9.06. The van der Waals surface area contributed by atoms with Gasteiger partial charge in [0.25, 0.3) is 0 Å². The summed E-state index contributed by atoms with van der Waals surface area (Å²) in [5.74, 6) is -1.13. The number of aliphatic hydroxyl groups excluding tert-OH is 1. The molecule has 3 aliphatic heterocycles. The Labute approximate surface area is 224 Å². The molecule has 3 saturated heterocycles. The highest BCUT2D eigenvalue weighted by atomic mass is 32.2. The first kappa shape index (κ1) is 27.8. The van der Waals surface area contributed by atoms with Crippen LogP contribution in [0.4, 0.5) is 11.4 Å². The van der Waals surface area contributed by atoms with Gasteiger partial charge in [0.15, 0.2) is 0 Å². The molecule has 1 spiro atoms. The first-order valence-electron chi connectivity index (χ1n) is 13.9. The number of thioether (sulfide) groups is 1. The summed E-state index contributed by atoms with van der Waals surface area (Å²) in [6.07, 6.45) is 4.63. The lowest BCUT2D eigenvalue weighted by Gasteiger charge is -2.34. The predicted molar refractivity (Wildman–Crippen MR) is 149 cm³/mol. The minimum absolute atomic E-state index is 0.0486. The Bertz CT molecular complexity index is 969. The van der Waals surface area contributed by atoms with Crippen molar-refractivity contribution < 1.29 is 19.5 Å². The van der Waals surface area contributed by atoms with E-state index in [1.807, 2.05) is 31.2 Å². The molecule has 3 aliphatic rings. The summed E-state index contributed by atoms with van der Waals surface area (Å²) >= 11 is 1.70. The van der Waals surface area contributed by atoms with Crippen LogP contribution >= 0.6 is 11.8 Å². The molecule has 3 amide bonds. The Balaban J connectivity index is 1.58. The topological polar surface area (TPSA) is 102 Å². The zero-order chi connectivity index (χ0) is 26.6. The van der Waals surface area contributed by atoms with Crippen molar-refractivity contribution in [2.24, 2.45) is 11.8 Å². The monoisotopic (exact) mass is 530 g/mol. The van der Waals surface area contributed by atoms with E-state index in [-0.39, 0.29) is 35.5 Å². The molecule has 37 heavy (non-hydrogen) atoms. The van der Waals surface area contributed by atoms with E-state index in [1.165, 1.54) is 0 Å². The van der Waals surface area contributed by atoms with Crippen molar-refractivity contribution in [3.05, 3.63) is 24.3 Å². The van der Waals surface area contributed by atoms with Crippen molar-refractivity contribution in [1.29, 1.82) is 0 Å². The van der Waals surface area contributed by atoms with Crippen LogP contribution in [0.1, 0.15) is 59.3 Å². The summed E-state index contributed by atoms with van der Waals surface area (Å²) in [6, 6.07) is 7.26. The maximum Gasteiger partial charge on any atom is 0.248 e. The first-order chi connectivity index (χ1) is 17.9. The van der Waals surface area contributed by atoms with E-state index in [0.29, 0.717) is 25.2 Å². The van der Waals surface area contributed by atoms with E-state index in [0.717, 1.165) is 50.9 Å². The van der Waals surface area contributed by atoms with Crippen LogP contribution in [0.3, 0.4) is 0 Å². The average molecular weight is 531 g/mol. The summed E-state index contributed by atoms with van der Waals surface area (Å²) in [7, 11) is 0. The van der Waals surface area contributed by atoms with Gasteiger partial charge >= 0.3 is 0 Å². The fourth-order valence-corrected chi connectivity index (χ4v) is 8.71. The molecule has 2 unspecified atom stereocenters. The van der Waals surface area contributed by atoms with Crippen molar-refractivity contribution in [1.82, 2.24) is 10.2 Å². The number of fused-ring (bicyclic) bond motifs is 1. The van der Waals surface area contributed by atoms with Gasteiger partial charge in [0.05, 0.1) is 16.6 Å². The molecule has 9 heteroatoms. The largest absolute Gasteiger partial charge is 0.396 e.